The molecule has 0 radical (unpaired) electrons. The lowest BCUT2D eigenvalue weighted by Crippen LogP contribution is -2.38. The molecular weight excluding hydrogens is 543 g/mol. The van der Waals surface area contributed by atoms with Gasteiger partial charge in [0.25, 0.3) is 10.0 Å². The largest absolute Gasteiger partial charge is 0.462 e. The molecule has 7 nitrogen and oxygen atoms in total. The SMILES string of the molecule is CCOC(=O)c1c(NC(=O)CN(c2cccc(Cl)c2)S(=O)(=O)c2ccc(Cl)cc2)sc2c1CCCC2. The van der Waals surface area contributed by atoms with Crippen molar-refractivity contribution in [2.75, 3.05) is 22.8 Å². The Bertz CT molecular complexity index is 1390. The van der Waals surface area contributed by atoms with Crippen molar-refractivity contribution < 1.29 is 22.7 Å². The van der Waals surface area contributed by atoms with E-state index in [1.54, 1.807) is 25.1 Å². The molecule has 1 heterocycles. The summed E-state index contributed by atoms with van der Waals surface area (Å²) in [5.74, 6) is -1.09. The van der Waals surface area contributed by atoms with Gasteiger partial charge < -0.3 is 10.1 Å². The van der Waals surface area contributed by atoms with Gasteiger partial charge in [0, 0.05) is 14.9 Å². The predicted octanol–water partition coefficient (Wildman–Crippen LogP) is 5.94. The maximum Gasteiger partial charge on any atom is 0.341 e. The summed E-state index contributed by atoms with van der Waals surface area (Å²) < 4.78 is 33.3. The molecule has 0 fully saturated rings. The lowest BCUT2D eigenvalue weighted by atomic mass is 9.95. The number of nitrogens with one attached hydrogen (secondary N) is 1. The molecule has 1 amide bonds. The summed E-state index contributed by atoms with van der Waals surface area (Å²) in [5.41, 5.74) is 1.49. The number of nitrogens with zero attached hydrogens (tertiary/aromatic N) is 1. The third kappa shape index (κ3) is 5.70. The second-order valence-electron chi connectivity index (χ2n) is 8.13. The quantitative estimate of drug-likeness (QED) is 0.340. The van der Waals surface area contributed by atoms with Crippen molar-refractivity contribution in [3.8, 4) is 0 Å². The number of hydrogen-bond donors (Lipinski definition) is 1. The Kier molecular flexibility index (Phi) is 8.24. The molecular formula is C25H24Cl2N2O5S2. The standard InChI is InChI=1S/C25H24Cl2N2O5S2/c1-2-34-25(31)23-20-8-3-4-9-21(20)35-24(23)28-22(30)15-29(18-7-5-6-17(27)14-18)36(32,33)19-12-10-16(26)11-13-19/h5-7,10-14H,2-4,8-9,15H2,1H3,(H,28,30). The molecule has 0 saturated carbocycles. The second kappa shape index (κ2) is 11.2. The predicted molar refractivity (Wildman–Crippen MR) is 143 cm³/mol. The number of thiophene rings is 1. The van der Waals surface area contributed by atoms with Gasteiger partial charge in [-0.3, -0.25) is 9.10 Å². The van der Waals surface area contributed by atoms with Gasteiger partial charge in [-0.2, -0.15) is 0 Å². The van der Waals surface area contributed by atoms with Gasteiger partial charge in [-0.05, 0) is 80.6 Å². The van der Waals surface area contributed by atoms with Gasteiger partial charge in [-0.1, -0.05) is 29.3 Å². The summed E-state index contributed by atoms with van der Waals surface area (Å²) in [6.45, 7) is 1.40. The number of ether oxygens (including phenoxy) is 1. The van der Waals surface area contributed by atoms with Gasteiger partial charge in [0.1, 0.15) is 11.5 Å². The molecule has 1 aromatic heterocycles. The van der Waals surface area contributed by atoms with Crippen LogP contribution in [0.1, 0.15) is 40.6 Å². The smallest absolute Gasteiger partial charge is 0.341 e. The minimum atomic E-state index is -4.15. The van der Waals surface area contributed by atoms with Crippen molar-refractivity contribution in [3.63, 3.8) is 0 Å². The van der Waals surface area contributed by atoms with Crippen molar-refractivity contribution in [2.24, 2.45) is 0 Å². The zero-order valence-corrected chi connectivity index (χ0v) is 22.6. The number of halogens is 2. The van der Waals surface area contributed by atoms with Crippen LogP contribution in [-0.2, 0) is 32.4 Å². The van der Waals surface area contributed by atoms with Crippen LogP contribution in [0.25, 0.3) is 0 Å². The maximum absolute atomic E-state index is 13.6. The topological polar surface area (TPSA) is 92.8 Å². The van der Waals surface area contributed by atoms with E-state index < -0.39 is 28.4 Å². The number of carbonyl (C=O) groups excluding carboxylic acids is 2. The Morgan fingerprint density at radius 2 is 1.78 bits per heavy atom. The van der Waals surface area contributed by atoms with Gasteiger partial charge in [0.15, 0.2) is 0 Å². The highest BCUT2D eigenvalue weighted by Crippen LogP contribution is 2.39. The van der Waals surface area contributed by atoms with E-state index in [9.17, 15) is 18.0 Å². The van der Waals surface area contributed by atoms with Crippen LogP contribution in [0.15, 0.2) is 53.4 Å². The first-order chi connectivity index (χ1) is 17.2. The summed E-state index contributed by atoms with van der Waals surface area (Å²) in [4.78, 5) is 27.0. The first-order valence-electron chi connectivity index (χ1n) is 11.4. The van der Waals surface area contributed by atoms with Crippen molar-refractivity contribution in [2.45, 2.75) is 37.5 Å². The Hall–Kier alpha value is -2.59. The monoisotopic (exact) mass is 566 g/mol. The first-order valence-corrected chi connectivity index (χ1v) is 14.4. The summed E-state index contributed by atoms with van der Waals surface area (Å²) in [7, 11) is -4.15. The fourth-order valence-electron chi connectivity index (χ4n) is 4.05. The van der Waals surface area contributed by atoms with Gasteiger partial charge in [0.05, 0.1) is 22.8 Å². The molecule has 2 aromatic carbocycles. The van der Waals surface area contributed by atoms with Crippen LogP contribution in [0.3, 0.4) is 0 Å². The lowest BCUT2D eigenvalue weighted by molar-refractivity contribution is -0.114. The number of carbonyl (C=O) groups is 2. The number of hydrogen-bond acceptors (Lipinski definition) is 6. The van der Waals surface area contributed by atoms with E-state index in [1.165, 1.54) is 41.7 Å². The molecule has 0 aliphatic heterocycles. The van der Waals surface area contributed by atoms with Gasteiger partial charge in [-0.15, -0.1) is 11.3 Å². The van der Waals surface area contributed by atoms with Crippen molar-refractivity contribution in [3.05, 3.63) is 74.6 Å². The lowest BCUT2D eigenvalue weighted by Gasteiger charge is -2.24. The summed E-state index contributed by atoms with van der Waals surface area (Å²) in [6.07, 6.45) is 3.51. The number of benzene rings is 2. The molecule has 0 bridgehead atoms. The van der Waals surface area contributed by atoms with Crippen LogP contribution in [0.5, 0.6) is 0 Å². The Labute approximate surface area is 224 Å². The maximum atomic E-state index is 13.6. The summed E-state index contributed by atoms with van der Waals surface area (Å²) in [6, 6.07) is 11.9. The molecule has 36 heavy (non-hydrogen) atoms. The highest BCUT2D eigenvalue weighted by atomic mass is 35.5. The van der Waals surface area contributed by atoms with E-state index in [1.807, 2.05) is 0 Å². The van der Waals surface area contributed by atoms with Gasteiger partial charge in [0.2, 0.25) is 5.91 Å². The third-order valence-electron chi connectivity index (χ3n) is 5.69. The van der Waals surface area contributed by atoms with Crippen molar-refractivity contribution in [1.82, 2.24) is 0 Å². The third-order valence-corrected chi connectivity index (χ3v) is 9.17. The molecule has 11 heteroatoms. The minimum absolute atomic E-state index is 0.0292. The van der Waals surface area contributed by atoms with Crippen LogP contribution < -0.4 is 9.62 Å². The van der Waals surface area contributed by atoms with Crippen LogP contribution in [0.4, 0.5) is 10.7 Å². The van der Waals surface area contributed by atoms with Crippen LogP contribution in [0, 0.1) is 0 Å². The molecule has 1 aliphatic rings. The van der Waals surface area contributed by atoms with Crippen LogP contribution in [0.2, 0.25) is 10.0 Å². The second-order valence-corrected chi connectivity index (χ2v) is 12.0. The molecule has 0 atom stereocenters. The van der Waals surface area contributed by atoms with E-state index in [0.29, 0.717) is 20.6 Å². The Morgan fingerprint density at radius 1 is 1.06 bits per heavy atom. The van der Waals surface area contributed by atoms with E-state index in [-0.39, 0.29) is 17.2 Å². The molecule has 190 valence electrons. The number of anilines is 2. The Balaban J connectivity index is 1.67. The minimum Gasteiger partial charge on any atom is -0.462 e. The average molecular weight is 568 g/mol. The molecule has 1 aliphatic carbocycles. The number of aryl methyl sites for hydroxylation is 1. The molecule has 1 N–H and O–H groups in total. The van der Waals surface area contributed by atoms with Crippen LogP contribution in [-0.4, -0.2) is 33.4 Å². The van der Waals surface area contributed by atoms with E-state index in [2.05, 4.69) is 5.32 Å². The molecule has 3 aromatic rings. The highest BCUT2D eigenvalue weighted by Gasteiger charge is 2.30. The number of amides is 1. The van der Waals surface area contributed by atoms with E-state index in [0.717, 1.165) is 40.4 Å². The summed E-state index contributed by atoms with van der Waals surface area (Å²) in [5, 5.41) is 3.85. The van der Waals surface area contributed by atoms with Gasteiger partial charge >= 0.3 is 5.97 Å². The first kappa shape index (κ1) is 26.5. The zero-order valence-electron chi connectivity index (χ0n) is 19.4. The van der Waals surface area contributed by atoms with Crippen molar-refractivity contribution >= 4 is 67.1 Å². The number of sulfonamides is 1. The van der Waals surface area contributed by atoms with Crippen LogP contribution >= 0.6 is 34.5 Å². The highest BCUT2D eigenvalue weighted by molar-refractivity contribution is 7.92. The normalized spacial score (nSPS) is 13.1. The molecule has 0 saturated heterocycles. The average Bonchev–Trinajstić information content (AvgIpc) is 3.20. The van der Waals surface area contributed by atoms with Gasteiger partial charge in [-0.25, -0.2) is 13.2 Å². The number of esters is 1. The fourth-order valence-corrected chi connectivity index (χ4v) is 7.07. The number of rotatable bonds is 8. The fraction of sp³-hybridized carbons (Fsp3) is 0.280. The van der Waals surface area contributed by atoms with E-state index in [4.69, 9.17) is 27.9 Å². The van der Waals surface area contributed by atoms with E-state index >= 15 is 0 Å². The van der Waals surface area contributed by atoms with Crippen molar-refractivity contribution in [1.29, 1.82) is 0 Å². The zero-order chi connectivity index (χ0) is 25.9. The number of fused-ring (bicyclic) bond motifs is 1. The molecule has 0 unspecified atom stereocenters. The molecule has 0 spiro atoms. The summed E-state index contributed by atoms with van der Waals surface area (Å²) >= 11 is 13.4. The molecule has 4 rings (SSSR count). The Morgan fingerprint density at radius 3 is 2.47 bits per heavy atom.